The number of aromatic nitrogens is 1. The zero-order chi connectivity index (χ0) is 19.2. The topological polar surface area (TPSA) is 114 Å². The van der Waals surface area contributed by atoms with Crippen molar-refractivity contribution in [3.05, 3.63) is 36.0 Å². The van der Waals surface area contributed by atoms with Crippen molar-refractivity contribution in [1.29, 1.82) is 0 Å². The Bertz CT molecular complexity index is 813. The number of primary amides is 1. The number of pyridine rings is 1. The monoisotopic (exact) mass is 368 g/mol. The lowest BCUT2D eigenvalue weighted by atomic mass is 9.81. The minimum atomic E-state index is -0.457. The second-order valence-corrected chi connectivity index (χ2v) is 7.94. The highest BCUT2D eigenvalue weighted by Crippen LogP contribution is 2.72. The fourth-order valence-electron chi connectivity index (χ4n) is 4.89. The Morgan fingerprint density at radius 2 is 1.81 bits per heavy atom. The molecule has 4 rings (SSSR count). The summed E-state index contributed by atoms with van der Waals surface area (Å²) in [4.78, 5) is 41.1. The van der Waals surface area contributed by atoms with Gasteiger partial charge in [-0.2, -0.15) is 0 Å². The number of hydrogen-bond donors (Lipinski definition) is 3. The first-order valence-electron chi connectivity index (χ1n) is 9.40. The maximum atomic E-state index is 13.1. The maximum absolute atomic E-state index is 13.1. The lowest BCUT2D eigenvalue weighted by molar-refractivity contribution is -0.133. The highest BCUT2D eigenvalue weighted by molar-refractivity contribution is 5.97. The maximum Gasteiger partial charge on any atom is 0.230 e. The van der Waals surface area contributed by atoms with E-state index in [0.717, 1.165) is 18.4 Å². The number of nitrogens with one attached hydrogen (secondary N) is 2. The SMILES string of the molecule is Cc1ccc(NC(=O)[C@H]2[C@H](C(=O)NCCC(N)=O)[C@H]3C=C[C@@H]2C32CC2)nc1. The van der Waals surface area contributed by atoms with Crippen molar-refractivity contribution in [2.24, 2.45) is 34.8 Å². The molecule has 7 nitrogen and oxygen atoms in total. The summed E-state index contributed by atoms with van der Waals surface area (Å²) < 4.78 is 0. The van der Waals surface area contributed by atoms with E-state index in [2.05, 4.69) is 27.8 Å². The molecule has 7 heteroatoms. The zero-order valence-electron chi connectivity index (χ0n) is 15.3. The molecule has 4 N–H and O–H groups in total. The Morgan fingerprint density at radius 1 is 1.15 bits per heavy atom. The van der Waals surface area contributed by atoms with Crippen LogP contribution in [0, 0.1) is 36.0 Å². The van der Waals surface area contributed by atoms with Crippen LogP contribution < -0.4 is 16.4 Å². The van der Waals surface area contributed by atoms with Crippen molar-refractivity contribution >= 4 is 23.5 Å². The van der Waals surface area contributed by atoms with Gasteiger partial charge in [0.05, 0.1) is 11.8 Å². The molecule has 2 saturated carbocycles. The predicted octanol–water partition coefficient (Wildman–Crippen LogP) is 1.15. The second-order valence-electron chi connectivity index (χ2n) is 7.94. The third-order valence-electron chi connectivity index (χ3n) is 6.28. The van der Waals surface area contributed by atoms with E-state index in [-0.39, 0.29) is 42.0 Å². The number of anilines is 1. The number of rotatable bonds is 6. The van der Waals surface area contributed by atoms with Gasteiger partial charge in [-0.05, 0) is 48.6 Å². The standard InChI is InChI=1S/C20H24N4O3/c1-11-2-5-15(23-10-11)24-19(27)17-13-4-3-12(20(13)7-8-20)16(17)18(26)22-9-6-14(21)25/h2-5,10,12-13,16-17H,6-9H2,1H3,(H2,21,25)(H,22,26)(H,23,24,27)/t12-,13+,16-,17-/m1/s1. The Morgan fingerprint density at radius 3 is 2.37 bits per heavy atom. The number of allylic oxidation sites excluding steroid dienone is 2. The molecule has 0 radical (unpaired) electrons. The molecular formula is C20H24N4O3. The highest BCUT2D eigenvalue weighted by Gasteiger charge is 2.69. The Kier molecular flexibility index (Phi) is 4.25. The quantitative estimate of drug-likeness (QED) is 0.653. The molecule has 2 bridgehead atoms. The van der Waals surface area contributed by atoms with E-state index in [9.17, 15) is 14.4 Å². The molecule has 3 aliphatic rings. The molecule has 0 aromatic carbocycles. The molecular weight excluding hydrogens is 344 g/mol. The molecule has 3 aliphatic carbocycles. The van der Waals surface area contributed by atoms with E-state index in [1.807, 2.05) is 13.0 Å². The van der Waals surface area contributed by atoms with Crippen LogP contribution in [0.15, 0.2) is 30.5 Å². The summed E-state index contributed by atoms with van der Waals surface area (Å²) in [5.74, 6) is -0.963. The van der Waals surface area contributed by atoms with Gasteiger partial charge in [0, 0.05) is 19.2 Å². The van der Waals surface area contributed by atoms with Crippen LogP contribution in [0.4, 0.5) is 5.82 Å². The molecule has 3 amide bonds. The molecule has 1 heterocycles. The molecule has 1 aromatic rings. The average molecular weight is 368 g/mol. The summed E-state index contributed by atoms with van der Waals surface area (Å²) >= 11 is 0. The van der Waals surface area contributed by atoms with Crippen LogP contribution in [0.2, 0.25) is 0 Å². The Labute approximate surface area is 157 Å². The van der Waals surface area contributed by atoms with Crippen LogP contribution in [0.25, 0.3) is 0 Å². The summed E-state index contributed by atoms with van der Waals surface area (Å²) in [5.41, 5.74) is 6.22. The van der Waals surface area contributed by atoms with Crippen LogP contribution in [0.3, 0.4) is 0 Å². The Balaban J connectivity index is 1.52. The van der Waals surface area contributed by atoms with Crippen molar-refractivity contribution in [2.45, 2.75) is 26.2 Å². The van der Waals surface area contributed by atoms with Gasteiger partial charge in [-0.3, -0.25) is 14.4 Å². The van der Waals surface area contributed by atoms with Crippen LogP contribution in [-0.2, 0) is 14.4 Å². The van der Waals surface area contributed by atoms with E-state index < -0.39 is 17.7 Å². The normalized spacial score (nSPS) is 28.9. The summed E-state index contributed by atoms with van der Waals surface area (Å²) in [6.45, 7) is 2.13. The van der Waals surface area contributed by atoms with Crippen LogP contribution >= 0.6 is 0 Å². The van der Waals surface area contributed by atoms with E-state index in [1.165, 1.54) is 0 Å². The minimum absolute atomic E-state index is 0.0639. The van der Waals surface area contributed by atoms with Crippen molar-refractivity contribution in [3.8, 4) is 0 Å². The number of amides is 3. The zero-order valence-corrected chi connectivity index (χ0v) is 15.3. The number of nitrogens with two attached hydrogens (primary N) is 1. The van der Waals surface area contributed by atoms with Gasteiger partial charge >= 0.3 is 0 Å². The van der Waals surface area contributed by atoms with E-state index in [4.69, 9.17) is 5.73 Å². The van der Waals surface area contributed by atoms with Gasteiger partial charge in [-0.15, -0.1) is 0 Å². The third kappa shape index (κ3) is 3.01. The molecule has 142 valence electrons. The van der Waals surface area contributed by atoms with Crippen molar-refractivity contribution in [3.63, 3.8) is 0 Å². The van der Waals surface area contributed by atoms with Gasteiger partial charge in [0.25, 0.3) is 0 Å². The van der Waals surface area contributed by atoms with Gasteiger partial charge in [0.15, 0.2) is 0 Å². The number of carbonyl (C=O) groups excluding carboxylic acids is 3. The van der Waals surface area contributed by atoms with E-state index in [1.54, 1.807) is 12.3 Å². The van der Waals surface area contributed by atoms with Gasteiger partial charge in [0.2, 0.25) is 17.7 Å². The lowest BCUT2D eigenvalue weighted by Gasteiger charge is -2.26. The smallest absolute Gasteiger partial charge is 0.230 e. The summed E-state index contributed by atoms with van der Waals surface area (Å²) in [6, 6.07) is 3.66. The van der Waals surface area contributed by atoms with E-state index in [0.29, 0.717) is 5.82 Å². The van der Waals surface area contributed by atoms with Crippen LogP contribution in [-0.4, -0.2) is 29.3 Å². The second kappa shape index (κ2) is 6.48. The molecule has 0 aliphatic heterocycles. The molecule has 2 fully saturated rings. The van der Waals surface area contributed by atoms with Gasteiger partial charge in [0.1, 0.15) is 5.82 Å². The highest BCUT2D eigenvalue weighted by atomic mass is 16.2. The van der Waals surface area contributed by atoms with Crippen molar-refractivity contribution < 1.29 is 14.4 Å². The van der Waals surface area contributed by atoms with Crippen LogP contribution in [0.5, 0.6) is 0 Å². The molecule has 4 atom stereocenters. The molecule has 0 unspecified atom stereocenters. The fourth-order valence-corrected chi connectivity index (χ4v) is 4.89. The van der Waals surface area contributed by atoms with Crippen LogP contribution in [0.1, 0.15) is 24.8 Å². The van der Waals surface area contributed by atoms with Crippen molar-refractivity contribution in [2.75, 3.05) is 11.9 Å². The first-order chi connectivity index (χ1) is 12.9. The third-order valence-corrected chi connectivity index (χ3v) is 6.28. The first kappa shape index (κ1) is 17.7. The number of nitrogens with zero attached hydrogens (tertiary/aromatic N) is 1. The molecule has 1 spiro atoms. The summed E-state index contributed by atoms with van der Waals surface area (Å²) in [5, 5.41) is 5.68. The van der Waals surface area contributed by atoms with Gasteiger partial charge < -0.3 is 16.4 Å². The first-order valence-corrected chi connectivity index (χ1v) is 9.40. The average Bonchev–Trinajstić information content (AvgIpc) is 3.29. The summed E-state index contributed by atoms with van der Waals surface area (Å²) in [7, 11) is 0. The van der Waals surface area contributed by atoms with Crippen molar-refractivity contribution in [1.82, 2.24) is 10.3 Å². The Hall–Kier alpha value is -2.70. The number of carbonyl (C=O) groups is 3. The predicted molar refractivity (Wildman–Crippen MR) is 99.2 cm³/mol. The van der Waals surface area contributed by atoms with E-state index >= 15 is 0 Å². The minimum Gasteiger partial charge on any atom is -0.370 e. The number of hydrogen-bond acceptors (Lipinski definition) is 4. The molecule has 1 aromatic heterocycles. The van der Waals surface area contributed by atoms with Gasteiger partial charge in [-0.1, -0.05) is 18.2 Å². The molecule has 0 saturated heterocycles. The largest absolute Gasteiger partial charge is 0.370 e. The molecule has 27 heavy (non-hydrogen) atoms. The fraction of sp³-hybridized carbons (Fsp3) is 0.500. The summed E-state index contributed by atoms with van der Waals surface area (Å²) in [6.07, 6.45) is 8.10. The van der Waals surface area contributed by atoms with Gasteiger partial charge in [-0.25, -0.2) is 4.98 Å². The number of aryl methyl sites for hydroxylation is 1. The lowest BCUT2D eigenvalue weighted by Crippen LogP contribution is -2.42.